The first-order valence-corrected chi connectivity index (χ1v) is 7.36. The van der Waals surface area contributed by atoms with Crippen molar-refractivity contribution in [2.75, 3.05) is 5.32 Å². The average Bonchev–Trinajstić information content (AvgIpc) is 2.49. The SMILES string of the molecule is CCCC(=O)Nc1ccc(C(=O)NN=C(CC)CC)cc1. The standard InChI is InChI=1S/C16H23N3O2/c1-4-7-15(20)17-14-10-8-12(9-11-14)16(21)19-18-13(5-2)6-3/h8-11H,4-7H2,1-3H3,(H,17,20)(H,19,21). The molecule has 0 bridgehead atoms. The Morgan fingerprint density at radius 2 is 1.67 bits per heavy atom. The number of benzene rings is 1. The monoisotopic (exact) mass is 289 g/mol. The molecule has 2 amide bonds. The van der Waals surface area contributed by atoms with E-state index in [0.29, 0.717) is 17.7 Å². The second-order valence-corrected chi connectivity index (χ2v) is 4.70. The first-order valence-electron chi connectivity index (χ1n) is 7.36. The van der Waals surface area contributed by atoms with E-state index in [-0.39, 0.29) is 11.8 Å². The van der Waals surface area contributed by atoms with Gasteiger partial charge in [-0.2, -0.15) is 5.10 Å². The summed E-state index contributed by atoms with van der Waals surface area (Å²) in [6, 6.07) is 6.77. The molecule has 5 heteroatoms. The minimum atomic E-state index is -0.249. The smallest absolute Gasteiger partial charge is 0.271 e. The lowest BCUT2D eigenvalue weighted by atomic mass is 10.2. The second kappa shape index (κ2) is 8.89. The van der Waals surface area contributed by atoms with Crippen molar-refractivity contribution >= 4 is 23.2 Å². The van der Waals surface area contributed by atoms with Crippen LogP contribution in [0, 0.1) is 0 Å². The first-order chi connectivity index (χ1) is 10.1. The van der Waals surface area contributed by atoms with Crippen molar-refractivity contribution in [2.24, 2.45) is 5.10 Å². The zero-order valence-electron chi connectivity index (χ0n) is 12.9. The number of carbonyl (C=O) groups excluding carboxylic acids is 2. The Labute approximate surface area is 125 Å². The second-order valence-electron chi connectivity index (χ2n) is 4.70. The highest BCUT2D eigenvalue weighted by Crippen LogP contribution is 2.10. The molecule has 0 saturated carbocycles. The van der Waals surface area contributed by atoms with Crippen LogP contribution in [-0.2, 0) is 4.79 Å². The molecule has 0 unspecified atom stereocenters. The van der Waals surface area contributed by atoms with Crippen LogP contribution in [-0.4, -0.2) is 17.5 Å². The summed E-state index contributed by atoms with van der Waals surface area (Å²) in [5.41, 5.74) is 4.70. The molecule has 0 aromatic heterocycles. The number of nitrogens with zero attached hydrogens (tertiary/aromatic N) is 1. The van der Waals surface area contributed by atoms with Crippen molar-refractivity contribution in [2.45, 2.75) is 46.5 Å². The van der Waals surface area contributed by atoms with Crippen LogP contribution in [0.25, 0.3) is 0 Å². The third kappa shape index (κ3) is 5.77. The van der Waals surface area contributed by atoms with E-state index < -0.39 is 0 Å². The van der Waals surface area contributed by atoms with E-state index in [1.54, 1.807) is 24.3 Å². The van der Waals surface area contributed by atoms with E-state index in [1.165, 1.54) is 0 Å². The number of amides is 2. The fourth-order valence-electron chi connectivity index (χ4n) is 1.76. The van der Waals surface area contributed by atoms with Gasteiger partial charge in [0.25, 0.3) is 5.91 Å². The molecule has 1 rings (SSSR count). The predicted molar refractivity (Wildman–Crippen MR) is 85.5 cm³/mol. The minimum Gasteiger partial charge on any atom is -0.326 e. The number of hydrogen-bond donors (Lipinski definition) is 2. The third-order valence-electron chi connectivity index (χ3n) is 3.04. The van der Waals surface area contributed by atoms with E-state index in [1.807, 2.05) is 20.8 Å². The minimum absolute atomic E-state index is 0.0187. The zero-order valence-corrected chi connectivity index (χ0v) is 12.9. The van der Waals surface area contributed by atoms with Gasteiger partial charge in [-0.05, 0) is 43.5 Å². The van der Waals surface area contributed by atoms with E-state index in [4.69, 9.17) is 0 Å². The number of hydrogen-bond acceptors (Lipinski definition) is 3. The number of hydrazone groups is 1. The molecule has 0 aliphatic rings. The molecular formula is C16H23N3O2. The Bertz CT molecular complexity index is 501. The van der Waals surface area contributed by atoms with Gasteiger partial charge < -0.3 is 5.32 Å². The normalized spacial score (nSPS) is 9.86. The first kappa shape index (κ1) is 16.9. The van der Waals surface area contributed by atoms with Crippen molar-refractivity contribution in [3.8, 4) is 0 Å². The molecule has 1 aromatic carbocycles. The highest BCUT2D eigenvalue weighted by Gasteiger charge is 2.06. The van der Waals surface area contributed by atoms with E-state index in [2.05, 4.69) is 15.8 Å². The largest absolute Gasteiger partial charge is 0.326 e. The van der Waals surface area contributed by atoms with Crippen LogP contribution < -0.4 is 10.7 Å². The van der Waals surface area contributed by atoms with Crippen molar-refractivity contribution in [1.29, 1.82) is 0 Å². The highest BCUT2D eigenvalue weighted by atomic mass is 16.2. The zero-order chi connectivity index (χ0) is 15.7. The third-order valence-corrected chi connectivity index (χ3v) is 3.04. The Balaban J connectivity index is 2.63. The molecule has 0 atom stereocenters. The molecule has 0 aliphatic carbocycles. The van der Waals surface area contributed by atoms with Gasteiger partial charge in [-0.1, -0.05) is 20.8 Å². The van der Waals surface area contributed by atoms with Gasteiger partial charge in [0.1, 0.15) is 0 Å². The van der Waals surface area contributed by atoms with Gasteiger partial charge in [-0.25, -0.2) is 5.43 Å². The molecule has 0 radical (unpaired) electrons. The van der Waals surface area contributed by atoms with Crippen LogP contribution in [0.5, 0.6) is 0 Å². The van der Waals surface area contributed by atoms with Crippen LogP contribution in [0.2, 0.25) is 0 Å². The predicted octanol–water partition coefficient (Wildman–Crippen LogP) is 3.33. The van der Waals surface area contributed by atoms with Crippen molar-refractivity contribution in [3.63, 3.8) is 0 Å². The van der Waals surface area contributed by atoms with Crippen LogP contribution in [0.1, 0.15) is 56.8 Å². The summed E-state index contributed by atoms with van der Waals surface area (Å²) < 4.78 is 0. The van der Waals surface area contributed by atoms with Crippen LogP contribution in [0.3, 0.4) is 0 Å². The quantitative estimate of drug-likeness (QED) is 0.597. The van der Waals surface area contributed by atoms with Gasteiger partial charge in [0.05, 0.1) is 0 Å². The molecule has 0 saturated heterocycles. The van der Waals surface area contributed by atoms with E-state index >= 15 is 0 Å². The topological polar surface area (TPSA) is 70.6 Å². The molecule has 0 aliphatic heterocycles. The fourth-order valence-corrected chi connectivity index (χ4v) is 1.76. The summed E-state index contributed by atoms with van der Waals surface area (Å²) in [5.74, 6) is -0.268. The number of rotatable bonds is 7. The number of carbonyl (C=O) groups is 2. The lowest BCUT2D eigenvalue weighted by Crippen LogP contribution is -2.19. The Kier molecular flexibility index (Phi) is 7.15. The van der Waals surface area contributed by atoms with Crippen molar-refractivity contribution in [1.82, 2.24) is 5.43 Å². The van der Waals surface area contributed by atoms with Crippen LogP contribution in [0.4, 0.5) is 5.69 Å². The Morgan fingerprint density at radius 1 is 1.05 bits per heavy atom. The lowest BCUT2D eigenvalue weighted by Gasteiger charge is -2.06. The lowest BCUT2D eigenvalue weighted by molar-refractivity contribution is -0.116. The summed E-state index contributed by atoms with van der Waals surface area (Å²) >= 11 is 0. The van der Waals surface area contributed by atoms with Gasteiger partial charge in [-0.3, -0.25) is 9.59 Å². The molecule has 2 N–H and O–H groups in total. The van der Waals surface area contributed by atoms with Crippen LogP contribution >= 0.6 is 0 Å². The summed E-state index contributed by atoms with van der Waals surface area (Å²) in [5, 5.41) is 6.86. The molecule has 0 heterocycles. The van der Waals surface area contributed by atoms with E-state index in [9.17, 15) is 9.59 Å². The van der Waals surface area contributed by atoms with Gasteiger partial charge in [0.2, 0.25) is 5.91 Å². The van der Waals surface area contributed by atoms with Gasteiger partial charge in [0.15, 0.2) is 0 Å². The van der Waals surface area contributed by atoms with Crippen LogP contribution in [0.15, 0.2) is 29.4 Å². The highest BCUT2D eigenvalue weighted by molar-refractivity contribution is 5.96. The van der Waals surface area contributed by atoms with E-state index in [0.717, 1.165) is 25.0 Å². The maximum Gasteiger partial charge on any atom is 0.271 e. The van der Waals surface area contributed by atoms with Crippen molar-refractivity contribution in [3.05, 3.63) is 29.8 Å². The van der Waals surface area contributed by atoms with Gasteiger partial charge in [0, 0.05) is 23.4 Å². The summed E-state index contributed by atoms with van der Waals surface area (Å²) in [6.45, 7) is 5.96. The molecule has 21 heavy (non-hydrogen) atoms. The van der Waals surface area contributed by atoms with Crippen molar-refractivity contribution < 1.29 is 9.59 Å². The summed E-state index contributed by atoms with van der Waals surface area (Å²) in [4.78, 5) is 23.4. The Hall–Kier alpha value is -2.17. The van der Waals surface area contributed by atoms with Gasteiger partial charge in [-0.15, -0.1) is 0 Å². The molecular weight excluding hydrogens is 266 g/mol. The fraction of sp³-hybridized carbons (Fsp3) is 0.438. The maximum absolute atomic E-state index is 11.9. The summed E-state index contributed by atoms with van der Waals surface area (Å²) in [7, 11) is 0. The Morgan fingerprint density at radius 3 is 2.19 bits per heavy atom. The molecule has 1 aromatic rings. The average molecular weight is 289 g/mol. The maximum atomic E-state index is 11.9. The molecule has 5 nitrogen and oxygen atoms in total. The molecule has 0 spiro atoms. The molecule has 114 valence electrons. The number of nitrogens with one attached hydrogen (secondary N) is 2. The van der Waals surface area contributed by atoms with Gasteiger partial charge >= 0.3 is 0 Å². The molecule has 0 fully saturated rings. The number of anilines is 1. The summed E-state index contributed by atoms with van der Waals surface area (Å²) in [6.07, 6.45) is 2.94.